The molecule has 0 saturated heterocycles. The standard InChI is InChI=1S/C19H25NO4/c1-20(12-13-24-18-11-7-6-10-17(18)23-2)19(16(22)14-21)15-8-4-3-5-9-15/h3-11,16,19,21-22H,12-14H2,1-2H3. The number of aliphatic hydroxyl groups is 2. The average molecular weight is 331 g/mol. The third-order valence-electron chi connectivity index (χ3n) is 3.94. The molecule has 2 N–H and O–H groups in total. The van der Waals surface area contributed by atoms with E-state index in [1.165, 1.54) is 0 Å². The first-order valence-corrected chi connectivity index (χ1v) is 7.97. The fraction of sp³-hybridized carbons (Fsp3) is 0.368. The third kappa shape index (κ3) is 4.71. The van der Waals surface area contributed by atoms with E-state index in [4.69, 9.17) is 9.47 Å². The van der Waals surface area contributed by atoms with Crippen molar-refractivity contribution in [3.63, 3.8) is 0 Å². The monoisotopic (exact) mass is 331 g/mol. The Balaban J connectivity index is 1.99. The van der Waals surface area contributed by atoms with Gasteiger partial charge >= 0.3 is 0 Å². The minimum absolute atomic E-state index is 0.294. The van der Waals surface area contributed by atoms with Gasteiger partial charge in [-0.3, -0.25) is 4.90 Å². The zero-order valence-electron chi connectivity index (χ0n) is 14.1. The minimum atomic E-state index is -0.858. The number of para-hydroxylation sites is 2. The summed E-state index contributed by atoms with van der Waals surface area (Å²) in [4.78, 5) is 1.98. The number of hydrogen-bond acceptors (Lipinski definition) is 5. The summed E-state index contributed by atoms with van der Waals surface area (Å²) < 4.78 is 11.1. The van der Waals surface area contributed by atoms with Gasteiger partial charge in [0, 0.05) is 6.54 Å². The van der Waals surface area contributed by atoms with E-state index in [0.717, 1.165) is 5.56 Å². The van der Waals surface area contributed by atoms with Crippen LogP contribution >= 0.6 is 0 Å². The fourth-order valence-electron chi connectivity index (χ4n) is 2.70. The molecule has 2 aromatic rings. The Labute approximate surface area is 143 Å². The summed E-state index contributed by atoms with van der Waals surface area (Å²) >= 11 is 0. The van der Waals surface area contributed by atoms with Gasteiger partial charge < -0.3 is 19.7 Å². The highest BCUT2D eigenvalue weighted by Crippen LogP contribution is 2.26. The van der Waals surface area contributed by atoms with Crippen molar-refractivity contribution < 1.29 is 19.7 Å². The maximum atomic E-state index is 10.2. The molecule has 0 aliphatic heterocycles. The Morgan fingerprint density at radius 3 is 2.25 bits per heavy atom. The molecule has 2 unspecified atom stereocenters. The molecule has 0 aliphatic carbocycles. The topological polar surface area (TPSA) is 62.2 Å². The summed E-state index contributed by atoms with van der Waals surface area (Å²) in [6, 6.07) is 16.9. The fourth-order valence-corrected chi connectivity index (χ4v) is 2.70. The molecule has 24 heavy (non-hydrogen) atoms. The molecule has 2 rings (SSSR count). The van der Waals surface area contributed by atoms with E-state index in [0.29, 0.717) is 24.7 Å². The Kier molecular flexibility index (Phi) is 7.06. The highest BCUT2D eigenvalue weighted by Gasteiger charge is 2.24. The second-order valence-corrected chi connectivity index (χ2v) is 5.59. The van der Waals surface area contributed by atoms with Gasteiger partial charge in [-0.1, -0.05) is 42.5 Å². The summed E-state index contributed by atoms with van der Waals surface area (Å²) in [6.07, 6.45) is -0.858. The van der Waals surface area contributed by atoms with Crippen LogP contribution in [0.1, 0.15) is 11.6 Å². The first kappa shape index (κ1) is 18.3. The van der Waals surface area contributed by atoms with Gasteiger partial charge in [0.15, 0.2) is 11.5 Å². The first-order chi connectivity index (χ1) is 11.7. The highest BCUT2D eigenvalue weighted by atomic mass is 16.5. The number of nitrogens with zero attached hydrogens (tertiary/aromatic N) is 1. The van der Waals surface area contributed by atoms with E-state index in [2.05, 4.69) is 0 Å². The van der Waals surface area contributed by atoms with Crippen LogP contribution in [0.25, 0.3) is 0 Å². The number of hydrogen-bond donors (Lipinski definition) is 2. The van der Waals surface area contributed by atoms with E-state index in [1.807, 2.05) is 66.5 Å². The number of aliphatic hydroxyl groups excluding tert-OH is 2. The summed E-state index contributed by atoms with van der Waals surface area (Å²) in [5.41, 5.74) is 0.957. The molecule has 130 valence electrons. The van der Waals surface area contributed by atoms with Crippen molar-refractivity contribution in [2.24, 2.45) is 0 Å². The molecule has 0 radical (unpaired) electrons. The Bertz CT molecular complexity index is 605. The van der Waals surface area contributed by atoms with Crippen molar-refractivity contribution in [3.05, 3.63) is 60.2 Å². The minimum Gasteiger partial charge on any atom is -0.493 e. The lowest BCUT2D eigenvalue weighted by Crippen LogP contribution is -2.38. The maximum absolute atomic E-state index is 10.2. The zero-order chi connectivity index (χ0) is 17.4. The van der Waals surface area contributed by atoms with Crippen molar-refractivity contribution >= 4 is 0 Å². The molecule has 2 atom stereocenters. The van der Waals surface area contributed by atoms with Crippen LogP contribution in [0.2, 0.25) is 0 Å². The molecule has 5 nitrogen and oxygen atoms in total. The van der Waals surface area contributed by atoms with E-state index in [-0.39, 0.29) is 12.6 Å². The lowest BCUT2D eigenvalue weighted by Gasteiger charge is -2.31. The second kappa shape index (κ2) is 9.27. The van der Waals surface area contributed by atoms with Crippen LogP contribution in [0.4, 0.5) is 0 Å². The first-order valence-electron chi connectivity index (χ1n) is 7.97. The number of rotatable bonds is 9. The molecule has 0 heterocycles. The largest absolute Gasteiger partial charge is 0.493 e. The van der Waals surface area contributed by atoms with Crippen molar-refractivity contribution in [1.29, 1.82) is 0 Å². The van der Waals surface area contributed by atoms with Gasteiger partial charge in [-0.2, -0.15) is 0 Å². The van der Waals surface area contributed by atoms with E-state index in [1.54, 1.807) is 7.11 Å². The Morgan fingerprint density at radius 2 is 1.62 bits per heavy atom. The Hall–Kier alpha value is -2.08. The van der Waals surface area contributed by atoms with Crippen molar-refractivity contribution in [1.82, 2.24) is 4.90 Å². The predicted octanol–water partition coefficient (Wildman–Crippen LogP) is 2.10. The van der Waals surface area contributed by atoms with Crippen molar-refractivity contribution in [3.8, 4) is 11.5 Å². The summed E-state index contributed by atoms with van der Waals surface area (Å²) in [6.45, 7) is 0.740. The van der Waals surface area contributed by atoms with Gasteiger partial charge in [0.2, 0.25) is 0 Å². The molecule has 0 bridgehead atoms. The molecular formula is C19H25NO4. The molecule has 2 aromatic carbocycles. The number of methoxy groups -OCH3 is 1. The maximum Gasteiger partial charge on any atom is 0.161 e. The molecule has 0 spiro atoms. The number of benzene rings is 2. The molecule has 0 amide bonds. The molecule has 0 fully saturated rings. The van der Waals surface area contributed by atoms with Gasteiger partial charge in [-0.25, -0.2) is 0 Å². The zero-order valence-corrected chi connectivity index (χ0v) is 14.1. The normalized spacial score (nSPS) is 13.5. The van der Waals surface area contributed by atoms with Crippen LogP contribution in [0.5, 0.6) is 11.5 Å². The van der Waals surface area contributed by atoms with Crippen LogP contribution in [0.15, 0.2) is 54.6 Å². The number of likely N-dealkylation sites (N-methyl/N-ethyl adjacent to an activating group) is 1. The second-order valence-electron chi connectivity index (χ2n) is 5.59. The molecule has 0 saturated carbocycles. The molecule has 5 heteroatoms. The van der Waals surface area contributed by atoms with Crippen LogP contribution in [-0.2, 0) is 0 Å². The molecule has 0 aromatic heterocycles. The van der Waals surface area contributed by atoms with Crippen LogP contribution in [0.3, 0.4) is 0 Å². The van der Waals surface area contributed by atoms with Crippen LogP contribution < -0.4 is 9.47 Å². The van der Waals surface area contributed by atoms with Crippen LogP contribution in [0, 0.1) is 0 Å². The van der Waals surface area contributed by atoms with E-state index < -0.39 is 6.10 Å². The van der Waals surface area contributed by atoms with Crippen LogP contribution in [-0.4, -0.2) is 55.1 Å². The molecule has 0 aliphatic rings. The molecular weight excluding hydrogens is 306 g/mol. The highest BCUT2D eigenvalue weighted by molar-refractivity contribution is 5.39. The van der Waals surface area contributed by atoms with Gasteiger partial charge in [-0.05, 0) is 24.7 Å². The summed E-state index contributed by atoms with van der Waals surface area (Å²) in [5.74, 6) is 1.38. The van der Waals surface area contributed by atoms with Crippen molar-refractivity contribution in [2.45, 2.75) is 12.1 Å². The van der Waals surface area contributed by atoms with Crippen molar-refractivity contribution in [2.75, 3.05) is 33.9 Å². The smallest absolute Gasteiger partial charge is 0.161 e. The van der Waals surface area contributed by atoms with Gasteiger partial charge in [0.05, 0.1) is 25.9 Å². The predicted molar refractivity (Wildman–Crippen MR) is 93.4 cm³/mol. The third-order valence-corrected chi connectivity index (χ3v) is 3.94. The average Bonchev–Trinajstić information content (AvgIpc) is 2.63. The summed E-state index contributed by atoms with van der Waals surface area (Å²) in [5, 5.41) is 19.6. The lowest BCUT2D eigenvalue weighted by molar-refractivity contribution is 0.0154. The lowest BCUT2D eigenvalue weighted by atomic mass is 10.0. The van der Waals surface area contributed by atoms with Gasteiger partial charge in [-0.15, -0.1) is 0 Å². The summed E-state index contributed by atoms with van der Waals surface area (Å²) in [7, 11) is 3.51. The number of ether oxygens (including phenoxy) is 2. The Morgan fingerprint density at radius 1 is 1.00 bits per heavy atom. The van der Waals surface area contributed by atoms with E-state index >= 15 is 0 Å². The SMILES string of the molecule is COc1ccccc1OCCN(C)C(c1ccccc1)C(O)CO. The quantitative estimate of drug-likeness (QED) is 0.737. The van der Waals surface area contributed by atoms with E-state index in [9.17, 15) is 10.2 Å². The van der Waals surface area contributed by atoms with Gasteiger partial charge in [0.1, 0.15) is 6.61 Å². The van der Waals surface area contributed by atoms with Gasteiger partial charge in [0.25, 0.3) is 0 Å².